The van der Waals surface area contributed by atoms with Crippen LogP contribution in [0.25, 0.3) is 0 Å². The first-order chi connectivity index (χ1) is 6.77. The van der Waals surface area contributed by atoms with Crippen LogP contribution in [0.3, 0.4) is 0 Å². The summed E-state index contributed by atoms with van der Waals surface area (Å²) in [5.74, 6) is 1.62. The predicted molar refractivity (Wildman–Crippen MR) is 57.8 cm³/mol. The van der Waals surface area contributed by atoms with Crippen molar-refractivity contribution in [3.63, 3.8) is 0 Å². The third kappa shape index (κ3) is 1.90. The molecule has 2 heterocycles. The molecule has 0 aliphatic carbocycles. The van der Waals surface area contributed by atoms with Gasteiger partial charge in [-0.15, -0.1) is 0 Å². The number of anilines is 1. The highest BCUT2D eigenvalue weighted by Gasteiger charge is 2.13. The van der Waals surface area contributed by atoms with Crippen LogP contribution in [-0.4, -0.2) is 36.4 Å². The molecule has 0 saturated carbocycles. The summed E-state index contributed by atoms with van der Waals surface area (Å²) in [5.41, 5.74) is 1.22. The highest BCUT2D eigenvalue weighted by Crippen LogP contribution is 2.18. The van der Waals surface area contributed by atoms with E-state index in [0.717, 1.165) is 32.0 Å². The van der Waals surface area contributed by atoms with Crippen LogP contribution in [0, 0.1) is 0 Å². The molecule has 0 atom stereocenters. The lowest BCUT2D eigenvalue weighted by molar-refractivity contribution is 0.584. The van der Waals surface area contributed by atoms with Crippen LogP contribution in [0.1, 0.15) is 25.5 Å². The van der Waals surface area contributed by atoms with Crippen molar-refractivity contribution in [1.29, 1.82) is 0 Å². The van der Waals surface area contributed by atoms with Crippen LogP contribution in [-0.2, 0) is 0 Å². The molecule has 78 valence electrons. The number of H-pyrrole nitrogens is 1. The minimum atomic E-state index is 0.527. The van der Waals surface area contributed by atoms with Crippen LogP contribution in [0.15, 0.2) is 6.07 Å². The molecule has 0 bridgehead atoms. The van der Waals surface area contributed by atoms with E-state index in [2.05, 4.69) is 40.3 Å². The second-order valence-electron chi connectivity index (χ2n) is 4.07. The molecule has 0 spiro atoms. The van der Waals surface area contributed by atoms with Gasteiger partial charge in [-0.2, -0.15) is 5.10 Å². The summed E-state index contributed by atoms with van der Waals surface area (Å²) >= 11 is 0. The summed E-state index contributed by atoms with van der Waals surface area (Å²) in [6.07, 6.45) is 0. The second kappa shape index (κ2) is 4.00. The first kappa shape index (κ1) is 9.52. The van der Waals surface area contributed by atoms with E-state index in [4.69, 9.17) is 0 Å². The number of nitrogens with zero attached hydrogens (tertiary/aromatic N) is 2. The standard InChI is InChI=1S/C10H18N4/c1-8(2)9-7-10(13-12-9)14-5-3-11-4-6-14/h7-8,11H,3-6H2,1-2H3,(H,12,13). The number of aromatic nitrogens is 2. The van der Waals surface area contributed by atoms with Crippen molar-refractivity contribution in [3.05, 3.63) is 11.8 Å². The van der Waals surface area contributed by atoms with Gasteiger partial charge in [-0.3, -0.25) is 5.10 Å². The maximum atomic E-state index is 4.33. The number of hydrogen-bond donors (Lipinski definition) is 2. The Labute approximate surface area is 84.7 Å². The lowest BCUT2D eigenvalue weighted by Crippen LogP contribution is -2.43. The van der Waals surface area contributed by atoms with Crippen molar-refractivity contribution in [2.24, 2.45) is 0 Å². The van der Waals surface area contributed by atoms with E-state index in [1.54, 1.807) is 0 Å². The highest BCUT2D eigenvalue weighted by molar-refractivity contribution is 5.40. The third-order valence-electron chi connectivity index (χ3n) is 2.65. The monoisotopic (exact) mass is 194 g/mol. The van der Waals surface area contributed by atoms with Crippen molar-refractivity contribution in [3.8, 4) is 0 Å². The van der Waals surface area contributed by atoms with Gasteiger partial charge in [0.05, 0.1) is 0 Å². The molecule has 1 aromatic rings. The van der Waals surface area contributed by atoms with Crippen LogP contribution in [0.5, 0.6) is 0 Å². The summed E-state index contributed by atoms with van der Waals surface area (Å²) < 4.78 is 0. The fourth-order valence-corrected chi connectivity index (χ4v) is 1.68. The molecular formula is C10H18N4. The van der Waals surface area contributed by atoms with Gasteiger partial charge in [-0.1, -0.05) is 13.8 Å². The lowest BCUT2D eigenvalue weighted by Gasteiger charge is -2.26. The number of aromatic amines is 1. The zero-order valence-corrected chi connectivity index (χ0v) is 8.88. The zero-order chi connectivity index (χ0) is 9.97. The minimum Gasteiger partial charge on any atom is -0.353 e. The number of piperazine rings is 1. The van der Waals surface area contributed by atoms with Gasteiger partial charge >= 0.3 is 0 Å². The van der Waals surface area contributed by atoms with Gasteiger partial charge in [0.25, 0.3) is 0 Å². The highest BCUT2D eigenvalue weighted by atomic mass is 15.3. The lowest BCUT2D eigenvalue weighted by atomic mass is 10.1. The molecule has 0 aromatic carbocycles. The van der Waals surface area contributed by atoms with Crippen molar-refractivity contribution in [2.75, 3.05) is 31.1 Å². The summed E-state index contributed by atoms with van der Waals surface area (Å²) in [7, 11) is 0. The third-order valence-corrected chi connectivity index (χ3v) is 2.65. The first-order valence-electron chi connectivity index (χ1n) is 5.28. The molecule has 0 radical (unpaired) electrons. The molecule has 1 fully saturated rings. The maximum Gasteiger partial charge on any atom is 0.150 e. The molecule has 0 unspecified atom stereocenters. The summed E-state index contributed by atoms with van der Waals surface area (Å²) in [6.45, 7) is 8.59. The van der Waals surface area contributed by atoms with E-state index in [-0.39, 0.29) is 0 Å². The number of hydrogen-bond acceptors (Lipinski definition) is 3. The molecule has 1 aromatic heterocycles. The van der Waals surface area contributed by atoms with Crippen LogP contribution in [0.4, 0.5) is 5.82 Å². The predicted octanol–water partition coefficient (Wildman–Crippen LogP) is 0.943. The summed E-state index contributed by atoms with van der Waals surface area (Å²) in [5, 5.41) is 10.8. The number of rotatable bonds is 2. The Hall–Kier alpha value is -1.03. The molecule has 1 aliphatic rings. The average Bonchev–Trinajstić information content (AvgIpc) is 2.68. The van der Waals surface area contributed by atoms with E-state index in [9.17, 15) is 0 Å². The van der Waals surface area contributed by atoms with Gasteiger partial charge in [-0.05, 0) is 5.92 Å². The largest absolute Gasteiger partial charge is 0.353 e. The second-order valence-corrected chi connectivity index (χ2v) is 4.07. The Bertz CT molecular complexity index is 286. The zero-order valence-electron chi connectivity index (χ0n) is 8.88. The molecule has 4 heteroatoms. The normalized spacial score (nSPS) is 17.8. The Morgan fingerprint density at radius 3 is 2.64 bits per heavy atom. The smallest absolute Gasteiger partial charge is 0.150 e. The number of nitrogens with one attached hydrogen (secondary N) is 2. The SMILES string of the molecule is CC(C)c1cc(N2CCNCC2)n[nH]1. The molecular weight excluding hydrogens is 176 g/mol. The van der Waals surface area contributed by atoms with Crippen molar-refractivity contribution < 1.29 is 0 Å². The quantitative estimate of drug-likeness (QED) is 0.736. The van der Waals surface area contributed by atoms with Gasteiger partial charge in [0.15, 0.2) is 5.82 Å². The van der Waals surface area contributed by atoms with Gasteiger partial charge < -0.3 is 10.2 Å². The van der Waals surface area contributed by atoms with Gasteiger partial charge in [-0.25, -0.2) is 0 Å². The summed E-state index contributed by atoms with van der Waals surface area (Å²) in [4.78, 5) is 2.32. The van der Waals surface area contributed by atoms with Gasteiger partial charge in [0, 0.05) is 37.9 Å². The van der Waals surface area contributed by atoms with E-state index in [0.29, 0.717) is 5.92 Å². The molecule has 2 N–H and O–H groups in total. The van der Waals surface area contributed by atoms with Gasteiger partial charge in [0.1, 0.15) is 0 Å². The molecule has 2 rings (SSSR count). The Kier molecular flexibility index (Phi) is 2.72. The minimum absolute atomic E-state index is 0.527. The van der Waals surface area contributed by atoms with Crippen LogP contribution in [0.2, 0.25) is 0 Å². The molecule has 1 saturated heterocycles. The fraction of sp³-hybridized carbons (Fsp3) is 0.700. The van der Waals surface area contributed by atoms with Gasteiger partial charge in [0.2, 0.25) is 0 Å². The Morgan fingerprint density at radius 1 is 1.36 bits per heavy atom. The molecule has 1 aliphatic heterocycles. The van der Waals surface area contributed by atoms with E-state index in [1.807, 2.05) is 0 Å². The van der Waals surface area contributed by atoms with Crippen molar-refractivity contribution in [1.82, 2.24) is 15.5 Å². The first-order valence-corrected chi connectivity index (χ1v) is 5.28. The maximum absolute atomic E-state index is 4.33. The van der Waals surface area contributed by atoms with Crippen molar-refractivity contribution in [2.45, 2.75) is 19.8 Å². The summed E-state index contributed by atoms with van der Waals surface area (Å²) in [6, 6.07) is 2.16. The average molecular weight is 194 g/mol. The molecule has 4 nitrogen and oxygen atoms in total. The van der Waals surface area contributed by atoms with E-state index >= 15 is 0 Å². The van der Waals surface area contributed by atoms with Crippen LogP contribution >= 0.6 is 0 Å². The molecule has 14 heavy (non-hydrogen) atoms. The van der Waals surface area contributed by atoms with E-state index in [1.165, 1.54) is 5.69 Å². The fourth-order valence-electron chi connectivity index (χ4n) is 1.68. The Balaban J connectivity index is 2.07. The topological polar surface area (TPSA) is 44.0 Å². The molecule has 0 amide bonds. The van der Waals surface area contributed by atoms with E-state index < -0.39 is 0 Å². The Morgan fingerprint density at radius 2 is 2.07 bits per heavy atom. The van der Waals surface area contributed by atoms with Crippen LogP contribution < -0.4 is 10.2 Å². The van der Waals surface area contributed by atoms with Crippen molar-refractivity contribution >= 4 is 5.82 Å².